The Bertz CT molecular complexity index is 1050. The highest BCUT2D eigenvalue weighted by atomic mass is 19.4. The first kappa shape index (κ1) is 35.0. The summed E-state index contributed by atoms with van der Waals surface area (Å²) in [5.74, 6) is -2.25. The molecule has 0 heterocycles. The lowest BCUT2D eigenvalue weighted by molar-refractivity contribution is -0.212. The van der Waals surface area contributed by atoms with Crippen LogP contribution in [-0.4, -0.2) is 66.8 Å². The van der Waals surface area contributed by atoms with Gasteiger partial charge in [0, 0.05) is 6.54 Å². The van der Waals surface area contributed by atoms with Crippen molar-refractivity contribution >= 4 is 30.2 Å². The quantitative estimate of drug-likeness (QED) is 0.131. The molecule has 1 aromatic rings. The Labute approximate surface area is 236 Å². The molecule has 230 valence electrons. The Morgan fingerprint density at radius 2 is 1.34 bits per heavy atom. The molecule has 1 unspecified atom stereocenters. The maximum absolute atomic E-state index is 14.2. The third kappa shape index (κ3) is 12.8. The lowest BCUT2D eigenvalue weighted by atomic mass is 9.92. The number of hydrogen-bond acceptors (Lipinski definition) is 9. The Kier molecular flexibility index (Phi) is 12.4. The first-order chi connectivity index (χ1) is 18.8. The number of alkyl halides is 3. The van der Waals surface area contributed by atoms with Crippen LogP contribution in [0.4, 0.5) is 27.6 Å². The summed E-state index contributed by atoms with van der Waals surface area (Å²) in [6, 6.07) is 8.19. The van der Waals surface area contributed by atoms with E-state index < -0.39 is 72.5 Å². The molecule has 1 rings (SSSR count). The monoisotopic (exact) mass is 590 g/mol. The van der Waals surface area contributed by atoms with Crippen LogP contribution in [0, 0.1) is 0 Å². The molecule has 0 aliphatic rings. The van der Waals surface area contributed by atoms with Crippen LogP contribution in [0.2, 0.25) is 0 Å². The number of nitrogens with one attached hydrogen (secondary N) is 3. The number of aliphatic imine (C=N–C) groups is 1. The van der Waals surface area contributed by atoms with Gasteiger partial charge in [0.1, 0.15) is 17.8 Å². The fraction of sp³-hybridized carbons (Fsp3) is 0.577. The number of nitrogens with zero attached hydrogens (tertiary/aromatic N) is 1. The van der Waals surface area contributed by atoms with Crippen LogP contribution in [0.3, 0.4) is 0 Å². The largest absolute Gasteiger partial charge is 0.467 e. The van der Waals surface area contributed by atoms with E-state index in [4.69, 9.17) is 14.2 Å². The summed E-state index contributed by atoms with van der Waals surface area (Å²) in [4.78, 5) is 53.0. The van der Waals surface area contributed by atoms with Crippen molar-refractivity contribution in [2.75, 3.05) is 13.7 Å². The number of alkyl carbamates (subject to hydrolysis) is 3. The van der Waals surface area contributed by atoms with Gasteiger partial charge in [0.2, 0.25) is 11.5 Å². The Morgan fingerprint density at radius 1 is 0.829 bits per heavy atom. The summed E-state index contributed by atoms with van der Waals surface area (Å²) in [7, 11) is 0.742. The number of halogens is 3. The van der Waals surface area contributed by atoms with Gasteiger partial charge in [0.15, 0.2) is 0 Å². The fourth-order valence-corrected chi connectivity index (χ4v) is 3.10. The van der Waals surface area contributed by atoms with Gasteiger partial charge in [-0.3, -0.25) is 20.9 Å². The number of amides is 3. The average Bonchev–Trinajstić information content (AvgIpc) is 2.81. The molecule has 1 atom stereocenters. The van der Waals surface area contributed by atoms with Gasteiger partial charge in [0.25, 0.3) is 0 Å². The van der Waals surface area contributed by atoms with Crippen molar-refractivity contribution in [3.8, 4) is 0 Å². The SMILES string of the molecule is COC(=O)C(CCCN=C(NC(=O)OC(C)(C)C)NC(=O)OC(C)(C)C)(NC(=O)OCc1ccccc1)C(F)(F)F. The second-order valence-corrected chi connectivity index (χ2v) is 10.7. The van der Waals surface area contributed by atoms with E-state index >= 15 is 0 Å². The summed E-state index contributed by atoms with van der Waals surface area (Å²) in [5, 5.41) is 5.99. The molecule has 12 nitrogen and oxygen atoms in total. The molecular weight excluding hydrogens is 553 g/mol. The normalized spacial score (nSPS) is 13.1. The van der Waals surface area contributed by atoms with Gasteiger partial charge >= 0.3 is 30.4 Å². The first-order valence-corrected chi connectivity index (χ1v) is 12.5. The van der Waals surface area contributed by atoms with Crippen molar-refractivity contribution in [1.29, 1.82) is 0 Å². The molecule has 41 heavy (non-hydrogen) atoms. The molecular formula is C26H37F3N4O8. The van der Waals surface area contributed by atoms with Crippen molar-refractivity contribution in [3.05, 3.63) is 35.9 Å². The van der Waals surface area contributed by atoms with E-state index in [1.807, 2.05) is 0 Å². The molecule has 0 radical (unpaired) electrons. The van der Waals surface area contributed by atoms with E-state index in [9.17, 15) is 32.3 Å². The summed E-state index contributed by atoms with van der Waals surface area (Å²) >= 11 is 0. The zero-order chi connectivity index (χ0) is 31.5. The summed E-state index contributed by atoms with van der Waals surface area (Å²) in [5.41, 5.74) is -4.78. The molecule has 0 aliphatic carbocycles. The predicted octanol–water partition coefficient (Wildman–Crippen LogP) is 4.57. The molecule has 1 aromatic carbocycles. The van der Waals surface area contributed by atoms with Crippen LogP contribution in [0.25, 0.3) is 0 Å². The van der Waals surface area contributed by atoms with Crippen molar-refractivity contribution < 1.29 is 51.3 Å². The number of methoxy groups -OCH3 is 1. The van der Waals surface area contributed by atoms with Gasteiger partial charge in [-0.1, -0.05) is 30.3 Å². The van der Waals surface area contributed by atoms with Crippen molar-refractivity contribution in [2.45, 2.75) is 83.9 Å². The average molecular weight is 591 g/mol. The van der Waals surface area contributed by atoms with E-state index in [1.54, 1.807) is 77.2 Å². The van der Waals surface area contributed by atoms with Crippen LogP contribution >= 0.6 is 0 Å². The van der Waals surface area contributed by atoms with Gasteiger partial charge in [0.05, 0.1) is 7.11 Å². The van der Waals surface area contributed by atoms with Gasteiger partial charge in [-0.15, -0.1) is 0 Å². The van der Waals surface area contributed by atoms with Crippen LogP contribution in [0.5, 0.6) is 0 Å². The highest BCUT2D eigenvalue weighted by molar-refractivity contribution is 6.01. The number of carbonyl (C=O) groups excluding carboxylic acids is 4. The molecule has 0 aromatic heterocycles. The van der Waals surface area contributed by atoms with Gasteiger partial charge in [-0.25, -0.2) is 19.2 Å². The van der Waals surface area contributed by atoms with Crippen molar-refractivity contribution in [3.63, 3.8) is 0 Å². The highest BCUT2D eigenvalue weighted by Crippen LogP contribution is 2.35. The lowest BCUT2D eigenvalue weighted by Gasteiger charge is -2.33. The lowest BCUT2D eigenvalue weighted by Crippen LogP contribution is -2.64. The second kappa shape index (κ2) is 14.6. The van der Waals surface area contributed by atoms with Gasteiger partial charge in [-0.05, 0) is 59.9 Å². The second-order valence-electron chi connectivity index (χ2n) is 10.7. The van der Waals surface area contributed by atoms with Crippen LogP contribution in [-0.2, 0) is 30.3 Å². The molecule has 0 bridgehead atoms. The minimum Gasteiger partial charge on any atom is -0.467 e. The summed E-state index contributed by atoms with van der Waals surface area (Å²) < 4.78 is 62.1. The third-order valence-electron chi connectivity index (χ3n) is 4.76. The van der Waals surface area contributed by atoms with Crippen molar-refractivity contribution in [2.24, 2.45) is 4.99 Å². The molecule has 0 saturated carbocycles. The van der Waals surface area contributed by atoms with E-state index in [0.717, 1.165) is 7.11 Å². The minimum atomic E-state index is -5.29. The Balaban J connectivity index is 3.09. The molecule has 3 amide bonds. The van der Waals surface area contributed by atoms with E-state index in [1.165, 1.54) is 0 Å². The topological polar surface area (TPSA) is 154 Å². The molecule has 3 N–H and O–H groups in total. The molecule has 0 saturated heterocycles. The number of carbonyl (C=O) groups is 4. The zero-order valence-corrected chi connectivity index (χ0v) is 24.1. The summed E-state index contributed by atoms with van der Waals surface area (Å²) in [6.45, 7) is 8.74. The predicted molar refractivity (Wildman–Crippen MR) is 141 cm³/mol. The van der Waals surface area contributed by atoms with Crippen molar-refractivity contribution in [1.82, 2.24) is 16.0 Å². The fourth-order valence-electron chi connectivity index (χ4n) is 3.10. The van der Waals surface area contributed by atoms with Gasteiger partial charge < -0.3 is 18.9 Å². The molecule has 0 aliphatic heterocycles. The maximum Gasteiger partial charge on any atom is 0.422 e. The number of rotatable bonds is 8. The first-order valence-electron chi connectivity index (χ1n) is 12.5. The third-order valence-corrected chi connectivity index (χ3v) is 4.76. The number of ether oxygens (including phenoxy) is 4. The Morgan fingerprint density at radius 3 is 1.78 bits per heavy atom. The molecule has 0 fully saturated rings. The van der Waals surface area contributed by atoms with Gasteiger partial charge in [-0.2, -0.15) is 13.2 Å². The van der Waals surface area contributed by atoms with Crippen LogP contribution < -0.4 is 16.0 Å². The number of esters is 1. The number of benzene rings is 1. The van der Waals surface area contributed by atoms with Crippen LogP contribution in [0.1, 0.15) is 59.9 Å². The van der Waals surface area contributed by atoms with Crippen LogP contribution in [0.15, 0.2) is 35.3 Å². The highest BCUT2D eigenvalue weighted by Gasteiger charge is 2.62. The number of hydrogen-bond donors (Lipinski definition) is 3. The van der Waals surface area contributed by atoms with E-state index in [-0.39, 0.29) is 6.61 Å². The Hall–Kier alpha value is -4.04. The standard InChI is InChI=1S/C26H37F3N4O8/c1-23(2,3)40-20(35)31-19(32-21(36)41-24(4,5)6)30-15-11-14-25(18(34)38-7,26(27,28)29)33-22(37)39-16-17-12-9-8-10-13-17/h8-10,12-13H,11,14-16H2,1-7H3,(H,33,37)(H2,30,31,32,35,36). The molecule has 0 spiro atoms. The maximum atomic E-state index is 14.2. The van der Waals surface area contributed by atoms with E-state index in [2.05, 4.69) is 20.4 Å². The smallest absolute Gasteiger partial charge is 0.422 e. The van der Waals surface area contributed by atoms with E-state index in [0.29, 0.717) is 5.56 Å². The summed E-state index contributed by atoms with van der Waals surface area (Å²) in [6.07, 6.45) is -10.3. The number of guanidine groups is 1. The molecule has 15 heteroatoms. The zero-order valence-electron chi connectivity index (χ0n) is 24.1. The minimum absolute atomic E-state index is 0.345.